The lowest BCUT2D eigenvalue weighted by Gasteiger charge is -2.36. The molecule has 1 aliphatic carbocycles. The van der Waals surface area contributed by atoms with Crippen LogP contribution in [0.4, 0.5) is 0 Å². The highest BCUT2D eigenvalue weighted by Crippen LogP contribution is 2.47. The van der Waals surface area contributed by atoms with Gasteiger partial charge < -0.3 is 10.5 Å². The summed E-state index contributed by atoms with van der Waals surface area (Å²) in [6.45, 7) is 5.98. The molecule has 1 aromatic heterocycles. The predicted octanol–water partition coefficient (Wildman–Crippen LogP) is 2.18. The summed E-state index contributed by atoms with van der Waals surface area (Å²) < 4.78 is 7.38. The Hall–Kier alpha value is -2.55. The summed E-state index contributed by atoms with van der Waals surface area (Å²) >= 11 is 0. The molecule has 1 aromatic rings. The van der Waals surface area contributed by atoms with E-state index in [4.69, 9.17) is 10.5 Å². The van der Waals surface area contributed by atoms with Crippen molar-refractivity contribution in [3.05, 3.63) is 40.2 Å². The molecular weight excluding hydrogens is 292 g/mol. The van der Waals surface area contributed by atoms with E-state index < -0.39 is 5.92 Å². The van der Waals surface area contributed by atoms with Gasteiger partial charge in [-0.1, -0.05) is 13.8 Å². The molecule has 120 valence electrons. The number of Topliss-reactive ketones (excluding diaryl/α,β-unsaturated/α-hetero) is 1. The molecule has 3 rings (SSSR count). The Morgan fingerprint density at radius 3 is 2.74 bits per heavy atom. The topological polar surface area (TPSA) is 93.9 Å². The first-order chi connectivity index (χ1) is 10.7. The van der Waals surface area contributed by atoms with E-state index in [-0.39, 0.29) is 22.7 Å². The van der Waals surface area contributed by atoms with Crippen LogP contribution >= 0.6 is 0 Å². The first-order valence-electron chi connectivity index (χ1n) is 7.58. The average Bonchev–Trinajstić information content (AvgIpc) is 2.75. The third-order valence-corrected chi connectivity index (χ3v) is 4.50. The molecule has 1 aliphatic heterocycles. The van der Waals surface area contributed by atoms with Gasteiger partial charge in [-0.15, -0.1) is 0 Å². The van der Waals surface area contributed by atoms with Gasteiger partial charge in [-0.2, -0.15) is 10.4 Å². The molecule has 2 N–H and O–H groups in total. The van der Waals surface area contributed by atoms with Crippen LogP contribution in [0.5, 0.6) is 0 Å². The minimum atomic E-state index is -0.535. The van der Waals surface area contributed by atoms with Gasteiger partial charge in [0, 0.05) is 31.2 Å². The first kappa shape index (κ1) is 15.3. The molecule has 0 fully saturated rings. The number of nitriles is 1. The minimum absolute atomic E-state index is 0.00445. The van der Waals surface area contributed by atoms with E-state index in [1.54, 1.807) is 4.68 Å². The number of hydrogen-bond donors (Lipinski definition) is 1. The molecule has 0 unspecified atom stereocenters. The average molecular weight is 312 g/mol. The predicted molar refractivity (Wildman–Crippen MR) is 83.6 cm³/mol. The van der Waals surface area contributed by atoms with Gasteiger partial charge in [0.2, 0.25) is 5.88 Å². The number of aryl methyl sites for hydroxylation is 2. The molecule has 0 aromatic carbocycles. The molecule has 0 spiro atoms. The van der Waals surface area contributed by atoms with Crippen molar-refractivity contribution < 1.29 is 9.53 Å². The lowest BCUT2D eigenvalue weighted by molar-refractivity contribution is -0.119. The van der Waals surface area contributed by atoms with E-state index in [0.717, 1.165) is 5.69 Å². The van der Waals surface area contributed by atoms with E-state index >= 15 is 0 Å². The molecule has 0 radical (unpaired) electrons. The largest absolute Gasteiger partial charge is 0.444 e. The van der Waals surface area contributed by atoms with Crippen LogP contribution in [0, 0.1) is 23.7 Å². The molecule has 2 heterocycles. The van der Waals surface area contributed by atoms with Crippen molar-refractivity contribution in [3.8, 4) is 6.07 Å². The van der Waals surface area contributed by atoms with Gasteiger partial charge in [-0.05, 0) is 18.4 Å². The molecular formula is C17H20N4O2. The SMILES string of the molecule is Cc1cc([C@@H]2C(C#N)=C(N)OC3=C2C(=O)CC(C)(C)C3)nn1C. The Morgan fingerprint density at radius 2 is 2.17 bits per heavy atom. The first-order valence-corrected chi connectivity index (χ1v) is 7.58. The number of allylic oxidation sites excluding steroid dienone is 3. The molecule has 2 aliphatic rings. The maximum absolute atomic E-state index is 12.7. The third-order valence-electron chi connectivity index (χ3n) is 4.50. The van der Waals surface area contributed by atoms with Crippen molar-refractivity contribution in [2.75, 3.05) is 0 Å². The fourth-order valence-electron chi connectivity index (χ4n) is 3.31. The van der Waals surface area contributed by atoms with Crippen molar-refractivity contribution in [1.29, 1.82) is 5.26 Å². The number of ether oxygens (including phenoxy) is 1. The van der Waals surface area contributed by atoms with Crippen molar-refractivity contribution in [1.82, 2.24) is 9.78 Å². The summed E-state index contributed by atoms with van der Waals surface area (Å²) in [5.41, 5.74) is 8.19. The van der Waals surface area contributed by atoms with Crippen LogP contribution < -0.4 is 5.73 Å². The third kappa shape index (κ3) is 2.42. The number of ketones is 1. The van der Waals surface area contributed by atoms with E-state index in [1.807, 2.05) is 33.9 Å². The summed E-state index contributed by atoms with van der Waals surface area (Å²) in [6.07, 6.45) is 1.05. The minimum Gasteiger partial charge on any atom is -0.444 e. The van der Waals surface area contributed by atoms with Gasteiger partial charge in [0.1, 0.15) is 17.4 Å². The maximum atomic E-state index is 12.7. The molecule has 0 saturated heterocycles. The molecule has 23 heavy (non-hydrogen) atoms. The zero-order valence-corrected chi connectivity index (χ0v) is 13.8. The van der Waals surface area contributed by atoms with E-state index in [2.05, 4.69) is 11.2 Å². The number of nitrogens with zero attached hydrogens (tertiary/aromatic N) is 3. The quantitative estimate of drug-likeness (QED) is 0.857. The second-order valence-corrected chi connectivity index (χ2v) is 7.04. The van der Waals surface area contributed by atoms with Crippen LogP contribution in [0.2, 0.25) is 0 Å². The second kappa shape index (κ2) is 4.98. The summed E-state index contributed by atoms with van der Waals surface area (Å²) in [7, 11) is 1.83. The number of aromatic nitrogens is 2. The van der Waals surface area contributed by atoms with E-state index in [9.17, 15) is 10.1 Å². The molecule has 0 saturated carbocycles. The van der Waals surface area contributed by atoms with Gasteiger partial charge >= 0.3 is 0 Å². The van der Waals surface area contributed by atoms with Crippen molar-refractivity contribution >= 4 is 5.78 Å². The van der Waals surface area contributed by atoms with Crippen LogP contribution in [0.15, 0.2) is 28.9 Å². The Labute approximate surface area is 135 Å². The number of carbonyl (C=O) groups excluding carboxylic acids is 1. The standard InChI is InChI=1S/C17H20N4O2/c1-9-5-11(20-21(9)4)14-10(8-18)16(19)23-13-7-17(2,3)6-12(22)15(13)14/h5,14H,6-7,19H2,1-4H3/t14-/m0/s1. The molecule has 6 nitrogen and oxygen atoms in total. The Morgan fingerprint density at radius 1 is 1.48 bits per heavy atom. The van der Waals surface area contributed by atoms with Crippen LogP contribution in [0.25, 0.3) is 0 Å². The maximum Gasteiger partial charge on any atom is 0.205 e. The molecule has 0 amide bonds. The molecule has 1 atom stereocenters. The van der Waals surface area contributed by atoms with E-state index in [1.165, 1.54) is 0 Å². The summed E-state index contributed by atoms with van der Waals surface area (Å²) in [5, 5.41) is 14.0. The Bertz CT molecular complexity index is 786. The van der Waals surface area contributed by atoms with Crippen molar-refractivity contribution in [2.45, 2.75) is 39.5 Å². The highest BCUT2D eigenvalue weighted by atomic mass is 16.5. The van der Waals surface area contributed by atoms with Gasteiger partial charge in [-0.3, -0.25) is 9.48 Å². The van der Waals surface area contributed by atoms with Gasteiger partial charge in [0.25, 0.3) is 0 Å². The van der Waals surface area contributed by atoms with Gasteiger partial charge in [0.05, 0.1) is 11.6 Å². The molecule has 6 heteroatoms. The highest BCUT2D eigenvalue weighted by molar-refractivity contribution is 5.99. The van der Waals surface area contributed by atoms with Gasteiger partial charge in [0.15, 0.2) is 5.78 Å². The van der Waals surface area contributed by atoms with Crippen LogP contribution in [-0.4, -0.2) is 15.6 Å². The fraction of sp³-hybridized carbons (Fsp3) is 0.471. The summed E-state index contributed by atoms with van der Waals surface area (Å²) in [5.74, 6) is 0.123. The highest BCUT2D eigenvalue weighted by Gasteiger charge is 2.43. The zero-order chi connectivity index (χ0) is 16.9. The van der Waals surface area contributed by atoms with Crippen molar-refractivity contribution in [3.63, 3.8) is 0 Å². The monoisotopic (exact) mass is 312 g/mol. The lowest BCUT2D eigenvalue weighted by Crippen LogP contribution is -2.33. The van der Waals surface area contributed by atoms with E-state index in [0.29, 0.717) is 29.9 Å². The summed E-state index contributed by atoms with van der Waals surface area (Å²) in [4.78, 5) is 12.7. The van der Waals surface area contributed by atoms with Crippen LogP contribution in [-0.2, 0) is 16.6 Å². The fourth-order valence-corrected chi connectivity index (χ4v) is 3.31. The second-order valence-electron chi connectivity index (χ2n) is 7.04. The number of carbonyl (C=O) groups is 1. The van der Waals surface area contributed by atoms with Crippen molar-refractivity contribution in [2.24, 2.45) is 18.2 Å². The smallest absolute Gasteiger partial charge is 0.205 e. The zero-order valence-electron chi connectivity index (χ0n) is 13.8. The normalized spacial score (nSPS) is 23.4. The Balaban J connectivity index is 2.19. The van der Waals surface area contributed by atoms with Crippen LogP contribution in [0.3, 0.4) is 0 Å². The number of nitrogens with two attached hydrogens (primary N) is 1. The number of rotatable bonds is 1. The lowest BCUT2D eigenvalue weighted by atomic mass is 9.71. The Kier molecular flexibility index (Phi) is 3.33. The van der Waals surface area contributed by atoms with Crippen LogP contribution in [0.1, 0.15) is 44.0 Å². The summed E-state index contributed by atoms with van der Waals surface area (Å²) in [6, 6.07) is 3.99. The number of hydrogen-bond acceptors (Lipinski definition) is 5. The molecule has 0 bridgehead atoms. The van der Waals surface area contributed by atoms with Gasteiger partial charge in [-0.25, -0.2) is 0 Å².